The topological polar surface area (TPSA) is 84.0 Å². The number of fused-ring (bicyclic) bond motifs is 2. The molecule has 0 fully saturated rings. The number of hydrogen-bond acceptors (Lipinski definition) is 7. The van der Waals surface area contributed by atoms with Crippen LogP contribution < -0.4 is 4.74 Å². The minimum absolute atomic E-state index is 0.0421. The molecule has 3 heterocycles. The minimum atomic E-state index is 0.0421. The lowest BCUT2D eigenvalue weighted by Gasteiger charge is -2.19. The zero-order chi connectivity index (χ0) is 20.5. The molecule has 152 valence electrons. The summed E-state index contributed by atoms with van der Waals surface area (Å²) in [7, 11) is 3.98. The highest BCUT2D eigenvalue weighted by molar-refractivity contribution is 6.22. The molecule has 0 amide bonds. The average molecular weight is 395 g/mol. The van der Waals surface area contributed by atoms with Crippen molar-refractivity contribution in [2.75, 3.05) is 40.4 Å². The monoisotopic (exact) mass is 395 g/mol. The van der Waals surface area contributed by atoms with E-state index in [1.54, 1.807) is 12.2 Å². The van der Waals surface area contributed by atoms with E-state index in [1.165, 1.54) is 0 Å². The van der Waals surface area contributed by atoms with Crippen LogP contribution in [0, 0.1) is 13.8 Å². The first kappa shape index (κ1) is 19.2. The summed E-state index contributed by atoms with van der Waals surface area (Å²) in [6, 6.07) is 4.00. The molecular formula is C21H25N5O3. The number of aliphatic hydroxyl groups excluding tert-OH is 1. The summed E-state index contributed by atoms with van der Waals surface area (Å²) < 4.78 is 13.4. The van der Waals surface area contributed by atoms with Crippen LogP contribution in [0.3, 0.4) is 0 Å². The molecule has 0 aromatic carbocycles. The minimum Gasteiger partial charge on any atom is -0.506 e. The van der Waals surface area contributed by atoms with Gasteiger partial charge in [-0.15, -0.1) is 5.10 Å². The number of rotatable bonds is 5. The SMILES string of the molecule is Cc1ccc2c(/N=C3\C=C4OCCN=C4C=C3O)c(OCCN(C)C)nn2c1C. The van der Waals surface area contributed by atoms with Gasteiger partial charge in [0, 0.05) is 24.4 Å². The van der Waals surface area contributed by atoms with E-state index in [1.807, 2.05) is 49.5 Å². The molecule has 0 spiro atoms. The van der Waals surface area contributed by atoms with Gasteiger partial charge in [-0.3, -0.25) is 4.99 Å². The van der Waals surface area contributed by atoms with Crippen LogP contribution in [-0.4, -0.2) is 71.4 Å². The van der Waals surface area contributed by atoms with Crippen LogP contribution in [0.25, 0.3) is 5.52 Å². The predicted octanol–water partition coefficient (Wildman–Crippen LogP) is 2.77. The maximum absolute atomic E-state index is 10.5. The molecule has 8 nitrogen and oxygen atoms in total. The molecule has 0 atom stereocenters. The van der Waals surface area contributed by atoms with Crippen molar-refractivity contribution in [1.29, 1.82) is 0 Å². The van der Waals surface area contributed by atoms with Crippen molar-refractivity contribution >= 4 is 22.6 Å². The van der Waals surface area contributed by atoms with Gasteiger partial charge in [-0.2, -0.15) is 0 Å². The van der Waals surface area contributed by atoms with E-state index in [0.717, 1.165) is 23.3 Å². The van der Waals surface area contributed by atoms with Crippen molar-refractivity contribution in [3.05, 3.63) is 47.1 Å². The zero-order valence-electron chi connectivity index (χ0n) is 17.1. The summed E-state index contributed by atoms with van der Waals surface area (Å²) in [5.74, 6) is 1.09. The summed E-state index contributed by atoms with van der Waals surface area (Å²) >= 11 is 0. The Hall–Kier alpha value is -3.13. The van der Waals surface area contributed by atoms with Gasteiger partial charge in [-0.25, -0.2) is 9.51 Å². The summed E-state index contributed by atoms with van der Waals surface area (Å²) in [4.78, 5) is 11.1. The molecule has 2 aromatic heterocycles. The fourth-order valence-electron chi connectivity index (χ4n) is 3.14. The van der Waals surface area contributed by atoms with Crippen molar-refractivity contribution in [3.8, 4) is 5.88 Å². The van der Waals surface area contributed by atoms with Crippen molar-refractivity contribution in [2.24, 2.45) is 9.98 Å². The Morgan fingerprint density at radius 2 is 2.10 bits per heavy atom. The van der Waals surface area contributed by atoms with Crippen LogP contribution >= 0.6 is 0 Å². The maximum atomic E-state index is 10.5. The van der Waals surface area contributed by atoms with E-state index in [9.17, 15) is 5.11 Å². The first-order chi connectivity index (χ1) is 13.9. The summed E-state index contributed by atoms with van der Waals surface area (Å²) in [5.41, 5.74) is 4.56. The summed E-state index contributed by atoms with van der Waals surface area (Å²) in [6.07, 6.45) is 3.29. The number of likely N-dealkylation sites (N-methyl/N-ethyl adjacent to an activating group) is 1. The van der Waals surface area contributed by atoms with Crippen molar-refractivity contribution < 1.29 is 14.6 Å². The number of aliphatic hydroxyl groups is 1. The van der Waals surface area contributed by atoms with Gasteiger partial charge in [0.15, 0.2) is 5.69 Å². The van der Waals surface area contributed by atoms with Crippen LogP contribution in [0.15, 0.2) is 45.8 Å². The molecule has 0 radical (unpaired) electrons. The van der Waals surface area contributed by atoms with E-state index in [2.05, 4.69) is 10.1 Å². The molecule has 1 N–H and O–H groups in total. The largest absolute Gasteiger partial charge is 0.506 e. The second-order valence-electron chi connectivity index (χ2n) is 7.35. The Labute approximate surface area is 169 Å². The first-order valence-electron chi connectivity index (χ1n) is 9.59. The van der Waals surface area contributed by atoms with Crippen molar-refractivity contribution in [2.45, 2.75) is 13.8 Å². The lowest BCUT2D eigenvalue weighted by molar-refractivity contribution is 0.232. The average Bonchev–Trinajstić information content (AvgIpc) is 3.03. The number of aliphatic imine (C=N–C) groups is 2. The third-order valence-electron chi connectivity index (χ3n) is 4.94. The van der Waals surface area contributed by atoms with E-state index in [0.29, 0.717) is 48.5 Å². The van der Waals surface area contributed by atoms with Crippen LogP contribution in [-0.2, 0) is 4.74 Å². The number of aryl methyl sites for hydroxylation is 2. The lowest BCUT2D eigenvalue weighted by Crippen LogP contribution is -2.21. The van der Waals surface area contributed by atoms with Crippen LogP contribution in [0.2, 0.25) is 0 Å². The van der Waals surface area contributed by atoms with E-state index < -0.39 is 0 Å². The molecular weight excluding hydrogens is 370 g/mol. The molecule has 29 heavy (non-hydrogen) atoms. The fraction of sp³-hybridized carbons (Fsp3) is 0.381. The Morgan fingerprint density at radius 3 is 2.90 bits per heavy atom. The van der Waals surface area contributed by atoms with Crippen molar-refractivity contribution in [3.63, 3.8) is 0 Å². The molecule has 1 aliphatic heterocycles. The maximum Gasteiger partial charge on any atom is 0.260 e. The van der Waals surface area contributed by atoms with Gasteiger partial charge in [0.25, 0.3) is 5.88 Å². The lowest BCUT2D eigenvalue weighted by atomic mass is 10.1. The van der Waals surface area contributed by atoms with E-state index >= 15 is 0 Å². The van der Waals surface area contributed by atoms with E-state index in [-0.39, 0.29) is 5.76 Å². The number of allylic oxidation sites excluding steroid dienone is 2. The van der Waals surface area contributed by atoms with Gasteiger partial charge in [0.2, 0.25) is 0 Å². The van der Waals surface area contributed by atoms with Gasteiger partial charge < -0.3 is 19.5 Å². The molecule has 2 aliphatic rings. The standard InChI is InChI=1S/C21H25N5O3/c1-13-5-6-17-20(21(24-26(17)14(13)2)29-10-8-25(3)4)23-15-12-19-16(11-18(15)27)22-7-9-28-19/h5-6,11-12,27H,7-10H2,1-4H3/b23-15+. The quantitative estimate of drug-likeness (QED) is 0.787. The zero-order valence-corrected chi connectivity index (χ0v) is 17.1. The second kappa shape index (κ2) is 7.71. The van der Waals surface area contributed by atoms with Gasteiger partial charge in [-0.1, -0.05) is 6.07 Å². The number of nitrogens with zero attached hydrogens (tertiary/aromatic N) is 5. The third kappa shape index (κ3) is 3.75. The van der Waals surface area contributed by atoms with Gasteiger partial charge >= 0.3 is 0 Å². The normalized spacial score (nSPS) is 17.7. The Kier molecular flexibility index (Phi) is 5.10. The summed E-state index contributed by atoms with van der Waals surface area (Å²) in [5, 5.41) is 15.1. The molecule has 0 bridgehead atoms. The van der Waals surface area contributed by atoms with Crippen LogP contribution in [0.1, 0.15) is 11.3 Å². The fourth-order valence-corrected chi connectivity index (χ4v) is 3.14. The molecule has 0 unspecified atom stereocenters. The third-order valence-corrected chi connectivity index (χ3v) is 4.94. The highest BCUT2D eigenvalue weighted by Gasteiger charge is 2.23. The molecule has 0 saturated carbocycles. The highest BCUT2D eigenvalue weighted by Crippen LogP contribution is 2.34. The van der Waals surface area contributed by atoms with Gasteiger partial charge in [-0.05, 0) is 39.6 Å². The number of aromatic nitrogens is 2. The smallest absolute Gasteiger partial charge is 0.260 e. The predicted molar refractivity (Wildman–Crippen MR) is 113 cm³/mol. The van der Waals surface area contributed by atoms with Crippen LogP contribution in [0.4, 0.5) is 5.69 Å². The van der Waals surface area contributed by atoms with Crippen molar-refractivity contribution in [1.82, 2.24) is 14.5 Å². The van der Waals surface area contributed by atoms with E-state index in [4.69, 9.17) is 14.5 Å². The molecule has 0 saturated heterocycles. The summed E-state index contributed by atoms with van der Waals surface area (Å²) in [6.45, 7) is 6.38. The second-order valence-corrected chi connectivity index (χ2v) is 7.35. The number of hydrogen-bond donors (Lipinski definition) is 1. The Balaban J connectivity index is 1.80. The van der Waals surface area contributed by atoms with Gasteiger partial charge in [0.1, 0.15) is 36.2 Å². The molecule has 4 rings (SSSR count). The first-order valence-corrected chi connectivity index (χ1v) is 9.59. The Morgan fingerprint density at radius 1 is 1.28 bits per heavy atom. The number of ether oxygens (including phenoxy) is 2. The Bertz CT molecular complexity index is 1080. The molecule has 1 aliphatic carbocycles. The highest BCUT2D eigenvalue weighted by atomic mass is 16.5. The molecule has 2 aromatic rings. The van der Waals surface area contributed by atoms with Crippen LogP contribution in [0.5, 0.6) is 5.88 Å². The van der Waals surface area contributed by atoms with Gasteiger partial charge in [0.05, 0.1) is 12.1 Å². The number of pyridine rings is 1. The molecule has 8 heteroatoms.